The van der Waals surface area contributed by atoms with E-state index in [1.807, 2.05) is 0 Å². The summed E-state index contributed by atoms with van der Waals surface area (Å²) in [6, 6.07) is 3.85. The molecule has 0 saturated carbocycles. The molecular weight excluding hydrogens is 290 g/mol. The summed E-state index contributed by atoms with van der Waals surface area (Å²) < 4.78 is 31.6. The molecule has 2 rings (SSSR count). The summed E-state index contributed by atoms with van der Waals surface area (Å²) in [7, 11) is -1.70. The third-order valence-electron chi connectivity index (χ3n) is 3.65. The number of methoxy groups -OCH3 is 1. The Balaban J connectivity index is 1.77. The van der Waals surface area contributed by atoms with Crippen molar-refractivity contribution in [2.75, 3.05) is 19.4 Å². The number of hydrogen-bond donors (Lipinski definition) is 2. The Morgan fingerprint density at radius 1 is 1.43 bits per heavy atom. The van der Waals surface area contributed by atoms with Gasteiger partial charge in [-0.3, -0.25) is 0 Å². The molecule has 1 aromatic rings. The molecule has 1 aromatic heterocycles. The highest BCUT2D eigenvalue weighted by Crippen LogP contribution is 2.11. The molecule has 0 aliphatic carbocycles. The zero-order chi connectivity index (χ0) is 15.1. The van der Waals surface area contributed by atoms with Crippen LogP contribution in [-0.2, 0) is 16.6 Å². The smallest absolute Gasteiger partial charge is 0.212 e. The highest BCUT2D eigenvalue weighted by molar-refractivity contribution is 7.89. The largest absolute Gasteiger partial charge is 0.481 e. The Labute approximate surface area is 126 Å². The zero-order valence-corrected chi connectivity index (χ0v) is 13.2. The Hall–Kier alpha value is -1.18. The lowest BCUT2D eigenvalue weighted by atomic mass is 10.0. The van der Waals surface area contributed by atoms with Crippen molar-refractivity contribution in [1.82, 2.24) is 15.0 Å². The predicted molar refractivity (Wildman–Crippen MR) is 81.7 cm³/mol. The Bertz CT molecular complexity index is 525. The Morgan fingerprint density at radius 2 is 2.29 bits per heavy atom. The molecule has 0 radical (unpaired) electrons. The number of piperidine rings is 1. The minimum Gasteiger partial charge on any atom is -0.481 e. The first kappa shape index (κ1) is 16.2. The van der Waals surface area contributed by atoms with E-state index in [2.05, 4.69) is 15.0 Å². The van der Waals surface area contributed by atoms with Gasteiger partial charge in [0.15, 0.2) is 0 Å². The molecule has 21 heavy (non-hydrogen) atoms. The van der Waals surface area contributed by atoms with Gasteiger partial charge in [-0.25, -0.2) is 18.1 Å². The van der Waals surface area contributed by atoms with Crippen molar-refractivity contribution in [3.8, 4) is 5.88 Å². The van der Waals surface area contributed by atoms with Gasteiger partial charge in [-0.05, 0) is 31.4 Å². The molecule has 1 fully saturated rings. The van der Waals surface area contributed by atoms with E-state index in [1.54, 1.807) is 25.4 Å². The average molecular weight is 313 g/mol. The minimum absolute atomic E-state index is 0.161. The molecule has 1 aliphatic heterocycles. The van der Waals surface area contributed by atoms with Crippen LogP contribution in [0.15, 0.2) is 18.3 Å². The molecule has 0 aromatic carbocycles. The van der Waals surface area contributed by atoms with Crippen molar-refractivity contribution in [1.29, 1.82) is 0 Å². The van der Waals surface area contributed by atoms with E-state index in [1.165, 1.54) is 12.8 Å². The molecular formula is C14H23N3O3S. The molecule has 2 N–H and O–H groups in total. The molecule has 0 amide bonds. The van der Waals surface area contributed by atoms with Crippen LogP contribution in [0.4, 0.5) is 0 Å². The third kappa shape index (κ3) is 5.61. The van der Waals surface area contributed by atoms with Gasteiger partial charge in [-0.15, -0.1) is 0 Å². The van der Waals surface area contributed by atoms with Gasteiger partial charge in [-0.1, -0.05) is 12.5 Å². The number of pyridine rings is 1. The molecule has 118 valence electrons. The Kier molecular flexibility index (Phi) is 5.96. The van der Waals surface area contributed by atoms with Crippen molar-refractivity contribution in [3.05, 3.63) is 23.9 Å². The quantitative estimate of drug-likeness (QED) is 0.786. The number of aromatic nitrogens is 1. The summed E-state index contributed by atoms with van der Waals surface area (Å²) in [5.41, 5.74) is 0.815. The zero-order valence-electron chi connectivity index (χ0n) is 12.3. The monoisotopic (exact) mass is 313 g/mol. The molecule has 0 spiro atoms. The molecule has 1 aliphatic rings. The minimum atomic E-state index is -3.24. The van der Waals surface area contributed by atoms with E-state index in [-0.39, 0.29) is 12.3 Å². The topological polar surface area (TPSA) is 80.3 Å². The maximum atomic E-state index is 12.0. The second kappa shape index (κ2) is 7.72. The SMILES string of the molecule is COc1ccc(CNS(=O)(=O)CCC2CCCCN2)cn1. The number of nitrogens with zero attached hydrogens (tertiary/aromatic N) is 1. The van der Waals surface area contributed by atoms with Gasteiger partial charge >= 0.3 is 0 Å². The molecule has 7 heteroatoms. The first-order valence-electron chi connectivity index (χ1n) is 7.29. The lowest BCUT2D eigenvalue weighted by Gasteiger charge is -2.23. The highest BCUT2D eigenvalue weighted by Gasteiger charge is 2.17. The van der Waals surface area contributed by atoms with Crippen molar-refractivity contribution in [2.45, 2.75) is 38.3 Å². The van der Waals surface area contributed by atoms with Crippen LogP contribution in [0.5, 0.6) is 5.88 Å². The van der Waals surface area contributed by atoms with Crippen LogP contribution in [0.3, 0.4) is 0 Å². The fourth-order valence-corrected chi connectivity index (χ4v) is 3.50. The van der Waals surface area contributed by atoms with E-state index in [9.17, 15) is 8.42 Å². The normalized spacial score (nSPS) is 19.4. The van der Waals surface area contributed by atoms with Gasteiger partial charge in [0.2, 0.25) is 15.9 Å². The average Bonchev–Trinajstić information content (AvgIpc) is 2.53. The van der Waals surface area contributed by atoms with E-state index in [0.717, 1.165) is 18.5 Å². The van der Waals surface area contributed by atoms with Gasteiger partial charge in [0.05, 0.1) is 12.9 Å². The van der Waals surface area contributed by atoms with Crippen LogP contribution in [-0.4, -0.2) is 38.9 Å². The lowest BCUT2D eigenvalue weighted by molar-refractivity contribution is 0.392. The second-order valence-electron chi connectivity index (χ2n) is 5.28. The summed E-state index contributed by atoms with van der Waals surface area (Å²) in [5.74, 6) is 0.679. The first-order chi connectivity index (χ1) is 10.1. The maximum absolute atomic E-state index is 12.0. The van der Waals surface area contributed by atoms with Crippen LogP contribution >= 0.6 is 0 Å². The maximum Gasteiger partial charge on any atom is 0.212 e. The van der Waals surface area contributed by atoms with Crippen LogP contribution in [0.25, 0.3) is 0 Å². The van der Waals surface area contributed by atoms with Crippen molar-refractivity contribution in [3.63, 3.8) is 0 Å². The summed E-state index contributed by atoms with van der Waals surface area (Å²) >= 11 is 0. The number of nitrogens with one attached hydrogen (secondary N) is 2. The standard InChI is InChI=1S/C14H23N3O3S/c1-20-14-6-5-12(10-16-14)11-17-21(18,19)9-7-13-4-2-3-8-15-13/h5-6,10,13,15,17H,2-4,7-9,11H2,1H3. The van der Waals surface area contributed by atoms with E-state index >= 15 is 0 Å². The number of hydrogen-bond acceptors (Lipinski definition) is 5. The van der Waals surface area contributed by atoms with Crippen LogP contribution in [0.2, 0.25) is 0 Å². The van der Waals surface area contributed by atoms with E-state index in [4.69, 9.17) is 4.74 Å². The lowest BCUT2D eigenvalue weighted by Crippen LogP contribution is -2.37. The van der Waals surface area contributed by atoms with Gasteiger partial charge in [-0.2, -0.15) is 0 Å². The van der Waals surface area contributed by atoms with Crippen molar-refractivity contribution < 1.29 is 13.2 Å². The van der Waals surface area contributed by atoms with E-state index < -0.39 is 10.0 Å². The molecule has 0 bridgehead atoms. The van der Waals surface area contributed by atoms with Crippen molar-refractivity contribution in [2.24, 2.45) is 0 Å². The summed E-state index contributed by atoms with van der Waals surface area (Å²) in [6.07, 6.45) is 5.72. The number of ether oxygens (including phenoxy) is 1. The Morgan fingerprint density at radius 3 is 2.90 bits per heavy atom. The summed E-state index contributed by atoms with van der Waals surface area (Å²) in [6.45, 7) is 1.26. The molecule has 1 atom stereocenters. The van der Waals surface area contributed by atoms with Crippen LogP contribution < -0.4 is 14.8 Å². The molecule has 1 saturated heterocycles. The summed E-state index contributed by atoms with van der Waals surface area (Å²) in [5, 5.41) is 3.36. The third-order valence-corrected chi connectivity index (χ3v) is 5.01. The van der Waals surface area contributed by atoms with Gasteiger partial charge in [0.1, 0.15) is 0 Å². The van der Waals surface area contributed by atoms with Crippen LogP contribution in [0.1, 0.15) is 31.2 Å². The predicted octanol–water partition coefficient (Wildman–Crippen LogP) is 1.04. The van der Waals surface area contributed by atoms with Crippen LogP contribution in [0, 0.1) is 0 Å². The molecule has 6 nitrogen and oxygen atoms in total. The van der Waals surface area contributed by atoms with Gasteiger partial charge < -0.3 is 10.1 Å². The summed E-state index contributed by atoms with van der Waals surface area (Å²) in [4.78, 5) is 4.05. The molecule has 1 unspecified atom stereocenters. The van der Waals surface area contributed by atoms with Gasteiger partial charge in [0.25, 0.3) is 0 Å². The molecule has 2 heterocycles. The van der Waals surface area contributed by atoms with E-state index in [0.29, 0.717) is 18.3 Å². The highest BCUT2D eigenvalue weighted by atomic mass is 32.2. The fraction of sp³-hybridized carbons (Fsp3) is 0.643. The number of rotatable bonds is 7. The van der Waals surface area contributed by atoms with Crippen molar-refractivity contribution >= 4 is 10.0 Å². The number of sulfonamides is 1. The first-order valence-corrected chi connectivity index (χ1v) is 8.94. The van der Waals surface area contributed by atoms with Gasteiger partial charge in [0, 0.05) is 24.8 Å². The second-order valence-corrected chi connectivity index (χ2v) is 7.21. The fourth-order valence-electron chi connectivity index (χ4n) is 2.37.